The van der Waals surface area contributed by atoms with Crippen LogP contribution in [0.3, 0.4) is 0 Å². The molecule has 0 rings (SSSR count). The first kappa shape index (κ1) is 16.9. The van der Waals surface area contributed by atoms with Crippen molar-refractivity contribution in [3.05, 3.63) is 0 Å². The molecule has 4 heteroatoms. The molecule has 0 spiro atoms. The summed E-state index contributed by atoms with van der Waals surface area (Å²) in [6.07, 6.45) is 5.05. The molecule has 0 aromatic rings. The first-order chi connectivity index (χ1) is 8.40. The van der Waals surface area contributed by atoms with Crippen LogP contribution in [0.2, 0.25) is 0 Å². The van der Waals surface area contributed by atoms with E-state index in [1.807, 2.05) is 20.8 Å². The fourth-order valence-corrected chi connectivity index (χ4v) is 1.47. The Morgan fingerprint density at radius 1 is 0.944 bits per heavy atom. The van der Waals surface area contributed by atoms with Gasteiger partial charge < -0.3 is 10.6 Å². The average molecular weight is 256 g/mol. The van der Waals surface area contributed by atoms with Crippen molar-refractivity contribution in [1.82, 2.24) is 10.6 Å². The van der Waals surface area contributed by atoms with E-state index < -0.39 is 0 Å². The van der Waals surface area contributed by atoms with Gasteiger partial charge in [0.1, 0.15) is 0 Å². The van der Waals surface area contributed by atoms with E-state index in [-0.39, 0.29) is 17.2 Å². The lowest BCUT2D eigenvalue weighted by atomic mass is 9.89. The maximum Gasteiger partial charge on any atom is 0.225 e. The van der Waals surface area contributed by atoms with Gasteiger partial charge in [0.15, 0.2) is 0 Å². The lowest BCUT2D eigenvalue weighted by Crippen LogP contribution is -2.36. The Morgan fingerprint density at radius 2 is 1.44 bits per heavy atom. The Bertz CT molecular complexity index is 263. The lowest BCUT2D eigenvalue weighted by Gasteiger charge is -2.21. The quantitative estimate of drug-likeness (QED) is 0.622. The molecule has 0 unspecified atom stereocenters. The second-order valence-electron chi connectivity index (χ2n) is 5.39. The van der Waals surface area contributed by atoms with E-state index in [0.29, 0.717) is 0 Å². The van der Waals surface area contributed by atoms with E-state index in [1.54, 1.807) is 0 Å². The van der Waals surface area contributed by atoms with Crippen LogP contribution >= 0.6 is 0 Å². The zero-order valence-electron chi connectivity index (χ0n) is 12.3. The predicted molar refractivity (Wildman–Crippen MR) is 74.2 cm³/mol. The zero-order valence-corrected chi connectivity index (χ0v) is 12.3. The van der Waals surface area contributed by atoms with E-state index in [9.17, 15) is 9.59 Å². The molecule has 106 valence electrons. The van der Waals surface area contributed by atoms with Gasteiger partial charge in [-0.15, -0.1) is 0 Å². The molecule has 0 saturated heterocycles. The van der Waals surface area contributed by atoms with Crippen LogP contribution in [-0.4, -0.2) is 24.9 Å². The van der Waals surface area contributed by atoms with Gasteiger partial charge in [-0.3, -0.25) is 9.59 Å². The number of carbonyl (C=O) groups excluding carboxylic acids is 2. The van der Waals surface area contributed by atoms with E-state index in [0.717, 1.165) is 45.2 Å². The second-order valence-corrected chi connectivity index (χ2v) is 5.39. The molecule has 0 bridgehead atoms. The molecule has 0 fully saturated rings. The highest BCUT2D eigenvalue weighted by Gasteiger charge is 2.24. The summed E-state index contributed by atoms with van der Waals surface area (Å²) >= 11 is 0. The van der Waals surface area contributed by atoms with Crippen molar-refractivity contribution in [2.75, 3.05) is 13.1 Å². The summed E-state index contributed by atoms with van der Waals surface area (Å²) in [5.41, 5.74) is -0.259. The summed E-state index contributed by atoms with van der Waals surface area (Å²) in [4.78, 5) is 22.4. The van der Waals surface area contributed by atoms with Gasteiger partial charge in [-0.05, 0) is 19.3 Å². The molecule has 2 amide bonds. The van der Waals surface area contributed by atoms with Crippen LogP contribution in [0, 0.1) is 5.41 Å². The minimum absolute atomic E-state index is 0.0315. The summed E-state index contributed by atoms with van der Waals surface area (Å²) in [6, 6.07) is 0. The number of rotatable bonds is 9. The minimum Gasteiger partial charge on any atom is -0.356 e. The average Bonchev–Trinajstić information content (AvgIpc) is 2.31. The van der Waals surface area contributed by atoms with E-state index >= 15 is 0 Å². The summed E-state index contributed by atoms with van der Waals surface area (Å²) in [6.45, 7) is 9.01. The highest BCUT2D eigenvalue weighted by Crippen LogP contribution is 2.19. The van der Waals surface area contributed by atoms with Crippen LogP contribution in [0.15, 0.2) is 0 Å². The van der Waals surface area contributed by atoms with Gasteiger partial charge in [-0.1, -0.05) is 33.6 Å². The Kier molecular flexibility index (Phi) is 8.42. The third kappa shape index (κ3) is 8.09. The molecule has 0 aliphatic carbocycles. The molecule has 0 aromatic carbocycles. The summed E-state index contributed by atoms with van der Waals surface area (Å²) < 4.78 is 0. The molecule has 2 N–H and O–H groups in total. The summed E-state index contributed by atoms with van der Waals surface area (Å²) in [5, 5.41) is 5.75. The summed E-state index contributed by atoms with van der Waals surface area (Å²) in [5.74, 6) is 0.173. The SMILES string of the molecule is CCC(C)(C)C(=O)NCCCCCCNC(C)=O. The standard InChI is InChI=1S/C14H28N2O2/c1-5-14(3,4)13(18)16-11-9-7-6-8-10-15-12(2)17/h5-11H2,1-4H3,(H,15,17)(H,16,18). The molecule has 18 heavy (non-hydrogen) atoms. The van der Waals surface area contributed by atoms with Gasteiger partial charge in [0.25, 0.3) is 0 Å². The Balaban J connectivity index is 3.41. The highest BCUT2D eigenvalue weighted by atomic mass is 16.2. The van der Waals surface area contributed by atoms with Crippen LogP contribution in [0.1, 0.15) is 59.8 Å². The van der Waals surface area contributed by atoms with Crippen molar-refractivity contribution in [3.8, 4) is 0 Å². The molecule has 0 aliphatic rings. The Morgan fingerprint density at radius 3 is 1.89 bits per heavy atom. The summed E-state index contributed by atoms with van der Waals surface area (Å²) in [7, 11) is 0. The van der Waals surface area contributed by atoms with Crippen molar-refractivity contribution in [1.29, 1.82) is 0 Å². The maximum atomic E-state index is 11.7. The Hall–Kier alpha value is -1.06. The number of amides is 2. The van der Waals surface area contributed by atoms with E-state index in [2.05, 4.69) is 10.6 Å². The molecule has 0 atom stereocenters. The molecular formula is C14H28N2O2. The fourth-order valence-electron chi connectivity index (χ4n) is 1.47. The second kappa shape index (κ2) is 8.95. The van der Waals surface area contributed by atoms with Crippen molar-refractivity contribution >= 4 is 11.8 Å². The van der Waals surface area contributed by atoms with Gasteiger partial charge in [0, 0.05) is 25.4 Å². The van der Waals surface area contributed by atoms with Gasteiger partial charge in [0.05, 0.1) is 0 Å². The third-order valence-corrected chi connectivity index (χ3v) is 3.26. The number of nitrogens with one attached hydrogen (secondary N) is 2. The monoisotopic (exact) mass is 256 g/mol. The first-order valence-corrected chi connectivity index (χ1v) is 6.93. The maximum absolute atomic E-state index is 11.7. The topological polar surface area (TPSA) is 58.2 Å². The third-order valence-electron chi connectivity index (χ3n) is 3.26. The van der Waals surface area contributed by atoms with Crippen molar-refractivity contribution in [3.63, 3.8) is 0 Å². The van der Waals surface area contributed by atoms with Gasteiger partial charge in [-0.2, -0.15) is 0 Å². The molecule has 0 saturated carbocycles. The zero-order chi connectivity index (χ0) is 14.0. The molecule has 4 nitrogen and oxygen atoms in total. The van der Waals surface area contributed by atoms with Gasteiger partial charge >= 0.3 is 0 Å². The smallest absolute Gasteiger partial charge is 0.225 e. The fraction of sp³-hybridized carbons (Fsp3) is 0.857. The van der Waals surface area contributed by atoms with Gasteiger partial charge in [-0.25, -0.2) is 0 Å². The van der Waals surface area contributed by atoms with Crippen LogP contribution in [-0.2, 0) is 9.59 Å². The molecule has 0 radical (unpaired) electrons. The van der Waals surface area contributed by atoms with Crippen LogP contribution < -0.4 is 10.6 Å². The molecule has 0 aliphatic heterocycles. The van der Waals surface area contributed by atoms with Crippen LogP contribution in [0.5, 0.6) is 0 Å². The normalized spacial score (nSPS) is 11.1. The van der Waals surface area contributed by atoms with Crippen molar-refractivity contribution in [2.24, 2.45) is 5.41 Å². The number of unbranched alkanes of at least 4 members (excludes halogenated alkanes) is 3. The molecule has 0 aromatic heterocycles. The minimum atomic E-state index is -0.259. The lowest BCUT2D eigenvalue weighted by molar-refractivity contribution is -0.129. The number of carbonyl (C=O) groups is 2. The number of hydrogen-bond donors (Lipinski definition) is 2. The van der Waals surface area contributed by atoms with Crippen LogP contribution in [0.25, 0.3) is 0 Å². The largest absolute Gasteiger partial charge is 0.356 e. The molecular weight excluding hydrogens is 228 g/mol. The van der Waals surface area contributed by atoms with E-state index in [4.69, 9.17) is 0 Å². The highest BCUT2D eigenvalue weighted by molar-refractivity contribution is 5.81. The number of hydrogen-bond acceptors (Lipinski definition) is 2. The van der Waals surface area contributed by atoms with Crippen molar-refractivity contribution in [2.45, 2.75) is 59.8 Å². The molecule has 0 heterocycles. The predicted octanol–water partition coefficient (Wildman–Crippen LogP) is 2.24. The van der Waals surface area contributed by atoms with Crippen LogP contribution in [0.4, 0.5) is 0 Å². The van der Waals surface area contributed by atoms with Crippen molar-refractivity contribution < 1.29 is 9.59 Å². The van der Waals surface area contributed by atoms with E-state index in [1.165, 1.54) is 6.92 Å². The Labute approximate surface area is 111 Å². The first-order valence-electron chi connectivity index (χ1n) is 6.93. The van der Waals surface area contributed by atoms with Gasteiger partial charge in [0.2, 0.25) is 11.8 Å².